The molecule has 0 bridgehead atoms. The zero-order valence-corrected chi connectivity index (χ0v) is 9.31. The first-order chi connectivity index (χ1) is 4.18. The Balaban J connectivity index is 3.62. The quantitative estimate of drug-likeness (QED) is 0.557. The SMILES string of the molecule is CCC[Si](N)(OC)O[SiH3]. The fourth-order valence-corrected chi connectivity index (χ4v) is 3.02. The van der Waals surface area contributed by atoms with Crippen LogP contribution in [0.15, 0.2) is 0 Å². The van der Waals surface area contributed by atoms with Crippen molar-refractivity contribution in [3.63, 3.8) is 0 Å². The molecular weight excluding hydrogens is 150 g/mol. The average Bonchev–Trinajstić information content (AvgIpc) is 1.89. The van der Waals surface area contributed by atoms with Gasteiger partial charge in [-0.05, 0) is 0 Å². The van der Waals surface area contributed by atoms with Crippen LogP contribution in [0.4, 0.5) is 0 Å². The Morgan fingerprint density at radius 1 is 1.67 bits per heavy atom. The summed E-state index contributed by atoms with van der Waals surface area (Å²) in [6.07, 6.45) is 1.04. The van der Waals surface area contributed by atoms with E-state index in [9.17, 15) is 0 Å². The maximum Gasteiger partial charge on any atom is 0.411 e. The monoisotopic (exact) mass is 165 g/mol. The predicted molar refractivity (Wildman–Crippen MR) is 43.1 cm³/mol. The van der Waals surface area contributed by atoms with Crippen LogP contribution < -0.4 is 5.40 Å². The Hall–Kier alpha value is 0.314. The first-order valence-electron chi connectivity index (χ1n) is 3.07. The van der Waals surface area contributed by atoms with Crippen LogP contribution in [0.1, 0.15) is 13.3 Å². The van der Waals surface area contributed by atoms with Crippen LogP contribution in [-0.2, 0) is 8.54 Å². The summed E-state index contributed by atoms with van der Waals surface area (Å²) in [4.78, 5) is 0. The number of nitrogens with two attached hydrogens (primary N) is 1. The second kappa shape index (κ2) is 4.18. The van der Waals surface area contributed by atoms with Crippen molar-refractivity contribution < 1.29 is 8.54 Å². The molecule has 0 aromatic carbocycles. The fourth-order valence-electron chi connectivity index (χ4n) is 0.636. The van der Waals surface area contributed by atoms with Crippen molar-refractivity contribution in [2.45, 2.75) is 19.4 Å². The van der Waals surface area contributed by atoms with Crippen LogP contribution >= 0.6 is 0 Å². The minimum absolute atomic E-state index is 0.682. The summed E-state index contributed by atoms with van der Waals surface area (Å²) in [7, 11) is 0.172. The molecule has 0 aromatic heterocycles. The van der Waals surface area contributed by atoms with E-state index in [1.165, 1.54) is 0 Å². The lowest BCUT2D eigenvalue weighted by Gasteiger charge is -2.20. The third-order valence-corrected chi connectivity index (χ3v) is 5.94. The lowest BCUT2D eigenvalue weighted by atomic mass is 10.6. The van der Waals surface area contributed by atoms with E-state index in [2.05, 4.69) is 6.92 Å². The Morgan fingerprint density at radius 2 is 2.22 bits per heavy atom. The molecule has 0 aliphatic carbocycles. The van der Waals surface area contributed by atoms with Gasteiger partial charge in [0, 0.05) is 13.2 Å². The molecule has 3 nitrogen and oxygen atoms in total. The molecule has 0 aliphatic heterocycles. The van der Waals surface area contributed by atoms with Crippen LogP contribution in [0, 0.1) is 0 Å². The van der Waals surface area contributed by atoms with Crippen molar-refractivity contribution in [1.29, 1.82) is 0 Å². The second-order valence-corrected chi connectivity index (χ2v) is 6.13. The van der Waals surface area contributed by atoms with Crippen LogP contribution in [0.5, 0.6) is 0 Å². The minimum atomic E-state index is -2.14. The molecular formula is C4H15NO2Si2. The number of hydrogen-bond acceptors (Lipinski definition) is 3. The van der Waals surface area contributed by atoms with Crippen LogP contribution in [-0.4, -0.2) is 26.3 Å². The molecule has 0 radical (unpaired) electrons. The van der Waals surface area contributed by atoms with Gasteiger partial charge in [0.25, 0.3) is 0 Å². The first kappa shape index (κ1) is 9.31. The number of hydrogen-bond donors (Lipinski definition) is 1. The Bertz CT molecular complexity index is 77.0. The zero-order chi connectivity index (χ0) is 7.33. The van der Waals surface area contributed by atoms with E-state index in [1.54, 1.807) is 7.11 Å². The Morgan fingerprint density at radius 3 is 2.33 bits per heavy atom. The van der Waals surface area contributed by atoms with Crippen molar-refractivity contribution in [2.24, 2.45) is 5.40 Å². The van der Waals surface area contributed by atoms with Gasteiger partial charge >= 0.3 is 8.72 Å². The highest BCUT2D eigenvalue weighted by atomic mass is 28.4. The average molecular weight is 165 g/mol. The summed E-state index contributed by atoms with van der Waals surface area (Å²) >= 11 is 0. The molecule has 0 fully saturated rings. The van der Waals surface area contributed by atoms with Crippen molar-refractivity contribution in [3.05, 3.63) is 0 Å². The summed E-state index contributed by atoms with van der Waals surface area (Å²) in [5.41, 5.74) is 0. The zero-order valence-electron chi connectivity index (χ0n) is 6.31. The van der Waals surface area contributed by atoms with Gasteiger partial charge in [-0.25, -0.2) is 0 Å². The van der Waals surface area contributed by atoms with Crippen molar-refractivity contribution in [2.75, 3.05) is 7.11 Å². The molecule has 0 saturated heterocycles. The van der Waals surface area contributed by atoms with E-state index in [0.717, 1.165) is 12.5 Å². The molecule has 9 heavy (non-hydrogen) atoms. The fraction of sp³-hybridized carbons (Fsp3) is 1.00. The summed E-state index contributed by atoms with van der Waals surface area (Å²) < 4.78 is 10.2. The van der Waals surface area contributed by atoms with Gasteiger partial charge in [0.05, 0.1) is 0 Å². The third kappa shape index (κ3) is 3.12. The van der Waals surface area contributed by atoms with Gasteiger partial charge < -0.3 is 13.9 Å². The maximum absolute atomic E-state index is 5.74. The normalized spacial score (nSPS) is 17.7. The van der Waals surface area contributed by atoms with Crippen LogP contribution in [0.2, 0.25) is 6.04 Å². The highest BCUT2D eigenvalue weighted by Gasteiger charge is 2.28. The summed E-state index contributed by atoms with van der Waals surface area (Å²) in [5, 5.41) is 5.74. The van der Waals surface area contributed by atoms with Crippen molar-refractivity contribution in [1.82, 2.24) is 0 Å². The maximum atomic E-state index is 5.74. The van der Waals surface area contributed by atoms with Crippen LogP contribution in [0.25, 0.3) is 0 Å². The molecule has 0 aliphatic rings. The third-order valence-electron chi connectivity index (χ3n) is 1.29. The second-order valence-electron chi connectivity index (χ2n) is 1.97. The van der Waals surface area contributed by atoms with Gasteiger partial charge in [-0.2, -0.15) is 0 Å². The highest BCUT2D eigenvalue weighted by Crippen LogP contribution is 2.05. The molecule has 2 N–H and O–H groups in total. The predicted octanol–water partition coefficient (Wildman–Crippen LogP) is -0.763. The van der Waals surface area contributed by atoms with Gasteiger partial charge in [0.15, 0.2) is 0 Å². The van der Waals surface area contributed by atoms with Gasteiger partial charge in [-0.15, -0.1) is 0 Å². The van der Waals surface area contributed by atoms with Gasteiger partial charge in [-0.3, -0.25) is 0 Å². The smallest absolute Gasteiger partial charge is 0.411 e. The standard InChI is InChI=1S/C4H15NO2Si2/c1-3-4-9(5,6-2)7-8/h3-5H2,1-2,8H3. The van der Waals surface area contributed by atoms with E-state index < -0.39 is 8.72 Å². The summed E-state index contributed by atoms with van der Waals surface area (Å²) in [6, 6.07) is 0.896. The van der Waals surface area contributed by atoms with E-state index in [-0.39, 0.29) is 0 Å². The van der Waals surface area contributed by atoms with E-state index >= 15 is 0 Å². The van der Waals surface area contributed by atoms with E-state index in [4.69, 9.17) is 13.9 Å². The molecule has 0 spiro atoms. The van der Waals surface area contributed by atoms with Gasteiger partial charge in [0.2, 0.25) is 0 Å². The van der Waals surface area contributed by atoms with Crippen molar-refractivity contribution in [3.8, 4) is 0 Å². The van der Waals surface area contributed by atoms with Gasteiger partial charge in [0.1, 0.15) is 10.5 Å². The molecule has 0 rings (SSSR count). The topological polar surface area (TPSA) is 44.5 Å². The van der Waals surface area contributed by atoms with Crippen molar-refractivity contribution >= 4 is 19.2 Å². The lowest BCUT2D eigenvalue weighted by molar-refractivity contribution is 0.307. The molecule has 0 heterocycles. The molecule has 5 heteroatoms. The molecule has 0 saturated carbocycles. The van der Waals surface area contributed by atoms with Crippen LogP contribution in [0.3, 0.4) is 0 Å². The summed E-state index contributed by atoms with van der Waals surface area (Å²) in [5.74, 6) is 0. The minimum Gasteiger partial charge on any atom is -0.433 e. The Labute approximate surface area is 60.4 Å². The molecule has 56 valence electrons. The van der Waals surface area contributed by atoms with E-state index in [1.807, 2.05) is 0 Å². The Kier molecular flexibility index (Phi) is 4.33. The largest absolute Gasteiger partial charge is 0.433 e. The first-order valence-corrected chi connectivity index (χ1v) is 5.99. The van der Waals surface area contributed by atoms with Gasteiger partial charge in [-0.1, -0.05) is 13.3 Å². The van der Waals surface area contributed by atoms with E-state index in [0.29, 0.717) is 10.5 Å². The molecule has 1 unspecified atom stereocenters. The molecule has 0 aromatic rings. The molecule has 0 amide bonds. The number of rotatable bonds is 4. The summed E-state index contributed by atoms with van der Waals surface area (Å²) in [6.45, 7) is 2.08. The lowest BCUT2D eigenvalue weighted by Crippen LogP contribution is -2.50. The molecule has 1 atom stereocenters. The highest BCUT2D eigenvalue weighted by molar-refractivity contribution is 6.66.